The lowest BCUT2D eigenvalue weighted by Gasteiger charge is -2.20. The fourth-order valence-corrected chi connectivity index (χ4v) is 1.79. The maximum Gasteiger partial charge on any atom is 0.241 e. The van der Waals surface area contributed by atoms with Gasteiger partial charge in [-0.2, -0.15) is 0 Å². The number of hydrogen-bond acceptors (Lipinski definition) is 3. The molecule has 17 heavy (non-hydrogen) atoms. The van der Waals surface area contributed by atoms with Gasteiger partial charge in [-0.05, 0) is 26.1 Å². The van der Waals surface area contributed by atoms with Crippen LogP contribution in [0.2, 0.25) is 5.02 Å². The normalized spacial score (nSPS) is 12.1. The largest absolute Gasteiger partial charge is 0.375 e. The lowest BCUT2D eigenvalue weighted by molar-refractivity contribution is -0.117. The van der Waals surface area contributed by atoms with Crippen LogP contribution in [0.15, 0.2) is 18.2 Å². The summed E-state index contributed by atoms with van der Waals surface area (Å²) in [7, 11) is 5.52. The summed E-state index contributed by atoms with van der Waals surface area (Å²) in [6.07, 6.45) is 0. The zero-order valence-corrected chi connectivity index (χ0v) is 11.3. The van der Waals surface area contributed by atoms with Crippen LogP contribution < -0.4 is 15.5 Å². The summed E-state index contributed by atoms with van der Waals surface area (Å²) >= 11 is 6.11. The first kappa shape index (κ1) is 13.8. The van der Waals surface area contributed by atoms with Crippen LogP contribution in [0.1, 0.15) is 6.92 Å². The van der Waals surface area contributed by atoms with E-state index in [1.54, 1.807) is 20.0 Å². The monoisotopic (exact) mass is 255 g/mol. The van der Waals surface area contributed by atoms with Crippen molar-refractivity contribution in [3.63, 3.8) is 0 Å². The summed E-state index contributed by atoms with van der Waals surface area (Å²) in [5.74, 6) is -0.0853. The Morgan fingerprint density at radius 3 is 2.59 bits per heavy atom. The Balaban J connectivity index is 2.99. The highest BCUT2D eigenvalue weighted by Gasteiger charge is 2.14. The van der Waals surface area contributed by atoms with Gasteiger partial charge in [-0.3, -0.25) is 4.79 Å². The molecule has 0 radical (unpaired) electrons. The van der Waals surface area contributed by atoms with E-state index in [-0.39, 0.29) is 11.9 Å². The summed E-state index contributed by atoms with van der Waals surface area (Å²) < 4.78 is 0. The van der Waals surface area contributed by atoms with Crippen LogP contribution in [0.25, 0.3) is 0 Å². The molecule has 0 aliphatic rings. The summed E-state index contributed by atoms with van der Waals surface area (Å²) in [6, 6.07) is 5.20. The van der Waals surface area contributed by atoms with E-state index in [9.17, 15) is 4.79 Å². The minimum atomic E-state index is -0.246. The quantitative estimate of drug-likeness (QED) is 0.865. The number of para-hydroxylation sites is 1. The minimum absolute atomic E-state index is 0.0853. The maximum absolute atomic E-state index is 11.8. The topological polar surface area (TPSA) is 44.4 Å². The van der Waals surface area contributed by atoms with Gasteiger partial charge in [-0.25, -0.2) is 0 Å². The number of halogens is 1. The highest BCUT2D eigenvalue weighted by molar-refractivity contribution is 6.34. The van der Waals surface area contributed by atoms with E-state index >= 15 is 0 Å². The van der Waals surface area contributed by atoms with Crippen LogP contribution >= 0.6 is 11.6 Å². The van der Waals surface area contributed by atoms with Gasteiger partial charge in [0.25, 0.3) is 0 Å². The van der Waals surface area contributed by atoms with E-state index in [4.69, 9.17) is 11.6 Å². The van der Waals surface area contributed by atoms with E-state index in [1.165, 1.54) is 0 Å². The average molecular weight is 256 g/mol. The van der Waals surface area contributed by atoms with Crippen LogP contribution in [0.4, 0.5) is 11.4 Å². The van der Waals surface area contributed by atoms with Crippen molar-refractivity contribution in [2.75, 3.05) is 31.4 Å². The molecular formula is C12H18ClN3O. The number of carbonyl (C=O) groups is 1. The second-order valence-corrected chi connectivity index (χ2v) is 4.44. The fraction of sp³-hybridized carbons (Fsp3) is 0.417. The zero-order chi connectivity index (χ0) is 13.0. The molecule has 94 valence electrons. The molecule has 1 unspecified atom stereocenters. The van der Waals surface area contributed by atoms with Gasteiger partial charge in [0.2, 0.25) is 5.91 Å². The lowest BCUT2D eigenvalue weighted by atomic mass is 10.2. The van der Waals surface area contributed by atoms with Crippen LogP contribution in [0.3, 0.4) is 0 Å². The number of hydrogen-bond donors (Lipinski definition) is 2. The number of amides is 1. The molecule has 4 nitrogen and oxygen atoms in total. The van der Waals surface area contributed by atoms with Gasteiger partial charge in [0.1, 0.15) is 0 Å². The first-order chi connectivity index (χ1) is 7.97. The number of nitrogens with one attached hydrogen (secondary N) is 2. The molecule has 0 saturated carbocycles. The van der Waals surface area contributed by atoms with Gasteiger partial charge in [0, 0.05) is 14.1 Å². The predicted octanol–water partition coefficient (Wildman–Crippen LogP) is 1.95. The SMILES string of the molecule is CNC(C)C(=O)Nc1cccc(Cl)c1N(C)C. The Morgan fingerprint density at radius 1 is 1.41 bits per heavy atom. The standard InChI is InChI=1S/C12H18ClN3O/c1-8(14-2)12(17)15-10-7-5-6-9(13)11(10)16(3)4/h5-8,14H,1-4H3,(H,15,17). The Hall–Kier alpha value is -1.26. The third kappa shape index (κ3) is 3.35. The molecular weight excluding hydrogens is 238 g/mol. The van der Waals surface area contributed by atoms with E-state index < -0.39 is 0 Å². The molecule has 0 aliphatic carbocycles. The van der Waals surface area contributed by atoms with E-state index in [1.807, 2.05) is 31.1 Å². The van der Waals surface area contributed by atoms with Crippen LogP contribution in [-0.4, -0.2) is 33.1 Å². The predicted molar refractivity (Wildman–Crippen MR) is 72.9 cm³/mol. The number of nitrogens with zero attached hydrogens (tertiary/aromatic N) is 1. The van der Waals surface area contributed by atoms with Gasteiger partial charge in [-0.1, -0.05) is 17.7 Å². The van der Waals surface area contributed by atoms with E-state index in [0.717, 1.165) is 11.4 Å². The minimum Gasteiger partial charge on any atom is -0.375 e. The highest BCUT2D eigenvalue weighted by atomic mass is 35.5. The van der Waals surface area contributed by atoms with Gasteiger partial charge >= 0.3 is 0 Å². The molecule has 1 atom stereocenters. The van der Waals surface area contributed by atoms with Crippen LogP contribution in [-0.2, 0) is 4.79 Å². The molecule has 0 saturated heterocycles. The average Bonchev–Trinajstić information content (AvgIpc) is 2.27. The van der Waals surface area contributed by atoms with Crippen molar-refractivity contribution in [2.24, 2.45) is 0 Å². The second kappa shape index (κ2) is 5.89. The Bertz CT molecular complexity index is 407. The molecule has 0 spiro atoms. The number of benzene rings is 1. The van der Waals surface area contributed by atoms with Crippen molar-refractivity contribution in [1.82, 2.24) is 5.32 Å². The zero-order valence-electron chi connectivity index (χ0n) is 10.5. The third-order valence-electron chi connectivity index (χ3n) is 2.52. The molecule has 1 rings (SSSR count). The van der Waals surface area contributed by atoms with Crippen molar-refractivity contribution in [3.05, 3.63) is 23.2 Å². The third-order valence-corrected chi connectivity index (χ3v) is 2.82. The van der Waals surface area contributed by atoms with Gasteiger partial charge < -0.3 is 15.5 Å². The number of carbonyl (C=O) groups excluding carboxylic acids is 1. The molecule has 0 heterocycles. The lowest BCUT2D eigenvalue weighted by Crippen LogP contribution is -2.35. The summed E-state index contributed by atoms with van der Waals surface area (Å²) in [5, 5.41) is 6.36. The summed E-state index contributed by atoms with van der Waals surface area (Å²) in [5.41, 5.74) is 1.53. The molecule has 1 aromatic carbocycles. The maximum atomic E-state index is 11.8. The summed E-state index contributed by atoms with van der Waals surface area (Å²) in [6.45, 7) is 1.80. The van der Waals surface area contributed by atoms with Gasteiger partial charge in [0.05, 0.1) is 22.4 Å². The highest BCUT2D eigenvalue weighted by Crippen LogP contribution is 2.32. The molecule has 5 heteroatoms. The molecule has 0 fully saturated rings. The smallest absolute Gasteiger partial charge is 0.241 e. The number of rotatable bonds is 4. The van der Waals surface area contributed by atoms with Gasteiger partial charge in [-0.15, -0.1) is 0 Å². The fourth-order valence-electron chi connectivity index (χ4n) is 1.44. The molecule has 1 aromatic rings. The number of anilines is 2. The second-order valence-electron chi connectivity index (χ2n) is 4.03. The van der Waals surface area contributed by atoms with E-state index in [2.05, 4.69) is 10.6 Å². The van der Waals surface area contributed by atoms with Crippen molar-refractivity contribution >= 4 is 28.9 Å². The van der Waals surface area contributed by atoms with Crippen molar-refractivity contribution in [2.45, 2.75) is 13.0 Å². The molecule has 2 N–H and O–H groups in total. The van der Waals surface area contributed by atoms with Gasteiger partial charge in [0.15, 0.2) is 0 Å². The molecule has 0 aliphatic heterocycles. The molecule has 0 aromatic heterocycles. The Labute approximate surface area is 107 Å². The van der Waals surface area contributed by atoms with Crippen LogP contribution in [0.5, 0.6) is 0 Å². The summed E-state index contributed by atoms with van der Waals surface area (Å²) in [4.78, 5) is 13.7. The molecule has 0 bridgehead atoms. The first-order valence-electron chi connectivity index (χ1n) is 5.41. The van der Waals surface area contributed by atoms with Crippen molar-refractivity contribution in [3.8, 4) is 0 Å². The van der Waals surface area contributed by atoms with Crippen molar-refractivity contribution in [1.29, 1.82) is 0 Å². The molecule has 1 amide bonds. The van der Waals surface area contributed by atoms with Crippen molar-refractivity contribution < 1.29 is 4.79 Å². The van der Waals surface area contributed by atoms with E-state index in [0.29, 0.717) is 5.02 Å². The number of likely N-dealkylation sites (N-methyl/N-ethyl adjacent to an activating group) is 1. The first-order valence-corrected chi connectivity index (χ1v) is 5.79. The van der Waals surface area contributed by atoms with Crippen LogP contribution in [0, 0.1) is 0 Å². The Kier molecular flexibility index (Phi) is 4.78. The Morgan fingerprint density at radius 2 is 2.06 bits per heavy atom.